The zero-order valence-corrected chi connectivity index (χ0v) is 16.1. The number of unbranched alkanes of at least 4 members (excludes halogenated alkanes) is 4. The van der Waals surface area contributed by atoms with Gasteiger partial charge in [0, 0.05) is 20.4 Å². The van der Waals surface area contributed by atoms with Gasteiger partial charge in [-0.1, -0.05) is 83.9 Å². The topological polar surface area (TPSA) is 0 Å². The number of alkyl halides is 2. The summed E-state index contributed by atoms with van der Waals surface area (Å²) < 4.78 is 0. The number of hydrogen-bond acceptors (Lipinski definition) is 1. The van der Waals surface area contributed by atoms with E-state index < -0.39 is 0 Å². The molecule has 3 atom stereocenters. The van der Waals surface area contributed by atoms with E-state index >= 15 is 0 Å². The highest BCUT2D eigenvalue weighted by Gasteiger charge is 2.21. The lowest BCUT2D eigenvalue weighted by molar-refractivity contribution is 0.551. The second-order valence-corrected chi connectivity index (χ2v) is 9.05. The van der Waals surface area contributed by atoms with Crippen LogP contribution in [0.2, 0.25) is 0 Å². The summed E-state index contributed by atoms with van der Waals surface area (Å²) in [7, 11) is 0. The third kappa shape index (κ3) is 7.29. The lowest BCUT2D eigenvalue weighted by atomic mass is 9.96. The van der Waals surface area contributed by atoms with Crippen molar-refractivity contribution in [2.75, 3.05) is 0 Å². The van der Waals surface area contributed by atoms with E-state index in [1.165, 1.54) is 49.8 Å². The van der Waals surface area contributed by atoms with Gasteiger partial charge < -0.3 is 0 Å². The maximum atomic E-state index is 3.89. The van der Waals surface area contributed by atoms with E-state index in [0.717, 1.165) is 0 Å². The van der Waals surface area contributed by atoms with Crippen LogP contribution in [0, 0.1) is 0 Å². The fraction of sp³-hybridized carbons (Fsp3) is 0.750. The van der Waals surface area contributed by atoms with Crippen molar-refractivity contribution in [3.05, 3.63) is 22.4 Å². The van der Waals surface area contributed by atoms with Gasteiger partial charge in [-0.05, 0) is 24.3 Å². The van der Waals surface area contributed by atoms with Crippen LogP contribution in [0.25, 0.3) is 0 Å². The van der Waals surface area contributed by atoms with Gasteiger partial charge in [0.1, 0.15) is 0 Å². The minimum Gasteiger partial charge on any atom is -0.149 e. The van der Waals surface area contributed by atoms with Crippen molar-refractivity contribution in [3.8, 4) is 0 Å². The summed E-state index contributed by atoms with van der Waals surface area (Å²) in [6, 6.07) is 4.43. The molecule has 0 aliphatic rings. The first-order valence-electron chi connectivity index (χ1n) is 7.46. The zero-order valence-electron chi connectivity index (χ0n) is 12.1. The fourth-order valence-electron chi connectivity index (χ4n) is 2.40. The first-order valence-corrected chi connectivity index (χ1v) is 10.2. The highest BCUT2D eigenvalue weighted by Crippen LogP contribution is 2.35. The van der Waals surface area contributed by atoms with Crippen molar-refractivity contribution in [2.45, 2.75) is 74.4 Å². The second kappa shape index (κ2) is 10.4. The Labute approximate surface area is 139 Å². The number of rotatable bonds is 10. The molecule has 0 saturated heterocycles. The molecule has 110 valence electrons. The van der Waals surface area contributed by atoms with Crippen LogP contribution in [0.3, 0.4) is 0 Å². The Morgan fingerprint density at radius 3 is 2.47 bits per heavy atom. The Morgan fingerprint density at radius 2 is 1.89 bits per heavy atom. The molecule has 0 spiro atoms. The van der Waals surface area contributed by atoms with E-state index in [1.807, 2.05) is 11.3 Å². The van der Waals surface area contributed by atoms with Crippen molar-refractivity contribution in [1.82, 2.24) is 0 Å². The third-order valence-corrected chi connectivity index (χ3v) is 6.07. The molecule has 1 rings (SSSR count). The normalized spacial score (nSPS) is 16.2. The van der Waals surface area contributed by atoms with E-state index in [9.17, 15) is 0 Å². The van der Waals surface area contributed by atoms with Gasteiger partial charge in [0.2, 0.25) is 0 Å². The Hall–Kier alpha value is 0.660. The van der Waals surface area contributed by atoms with E-state index in [-0.39, 0.29) is 0 Å². The predicted molar refractivity (Wildman–Crippen MR) is 96.2 cm³/mol. The van der Waals surface area contributed by atoms with E-state index in [2.05, 4.69) is 63.2 Å². The van der Waals surface area contributed by atoms with Crippen LogP contribution in [-0.4, -0.2) is 9.65 Å². The average Bonchev–Trinajstić information content (AvgIpc) is 2.89. The van der Waals surface area contributed by atoms with Crippen molar-refractivity contribution in [2.24, 2.45) is 0 Å². The first-order chi connectivity index (χ1) is 9.15. The molecule has 0 nitrogen and oxygen atoms in total. The maximum absolute atomic E-state index is 3.89. The minimum atomic E-state index is 0.547. The van der Waals surface area contributed by atoms with Gasteiger partial charge in [0.15, 0.2) is 0 Å². The summed E-state index contributed by atoms with van der Waals surface area (Å²) in [5.74, 6) is 0.639. The molecule has 0 amide bonds. The molecule has 0 bridgehead atoms. The smallest absolute Gasteiger partial charge is 0.0194 e. The summed E-state index contributed by atoms with van der Waals surface area (Å²) in [6.07, 6.45) is 9.43. The monoisotopic (exact) mass is 408 g/mol. The molecule has 0 fully saturated rings. The molecule has 0 aliphatic heterocycles. The zero-order chi connectivity index (χ0) is 14.1. The molecule has 1 heterocycles. The van der Waals surface area contributed by atoms with Crippen molar-refractivity contribution in [1.29, 1.82) is 0 Å². The van der Waals surface area contributed by atoms with E-state index in [0.29, 0.717) is 15.6 Å². The molecule has 19 heavy (non-hydrogen) atoms. The van der Waals surface area contributed by atoms with Gasteiger partial charge in [-0.2, -0.15) is 0 Å². The predicted octanol–water partition coefficient (Wildman–Crippen LogP) is 7.13. The van der Waals surface area contributed by atoms with Crippen LogP contribution in [0.1, 0.15) is 69.6 Å². The van der Waals surface area contributed by atoms with Crippen molar-refractivity contribution in [3.63, 3.8) is 0 Å². The molecule has 3 unspecified atom stereocenters. The Morgan fingerprint density at radius 1 is 1.16 bits per heavy atom. The van der Waals surface area contributed by atoms with Crippen LogP contribution < -0.4 is 0 Å². The summed E-state index contributed by atoms with van der Waals surface area (Å²) >= 11 is 9.55. The Bertz CT molecular complexity index is 309. The number of halogens is 2. The van der Waals surface area contributed by atoms with Crippen LogP contribution in [0.15, 0.2) is 17.5 Å². The minimum absolute atomic E-state index is 0.547. The molecule has 0 aromatic carbocycles. The molecule has 0 aliphatic carbocycles. The highest BCUT2D eigenvalue weighted by molar-refractivity contribution is 9.09. The van der Waals surface area contributed by atoms with E-state index in [1.54, 1.807) is 0 Å². The van der Waals surface area contributed by atoms with Gasteiger partial charge >= 0.3 is 0 Å². The van der Waals surface area contributed by atoms with Crippen LogP contribution >= 0.6 is 43.2 Å². The van der Waals surface area contributed by atoms with E-state index in [4.69, 9.17) is 0 Å². The van der Waals surface area contributed by atoms with Crippen LogP contribution in [0.5, 0.6) is 0 Å². The summed E-state index contributed by atoms with van der Waals surface area (Å²) in [5.41, 5.74) is 0. The summed E-state index contributed by atoms with van der Waals surface area (Å²) in [6.45, 7) is 4.54. The Balaban J connectivity index is 2.30. The van der Waals surface area contributed by atoms with Crippen molar-refractivity contribution >= 4 is 43.2 Å². The van der Waals surface area contributed by atoms with Gasteiger partial charge in [0.05, 0.1) is 0 Å². The molecule has 3 heteroatoms. The van der Waals surface area contributed by atoms with Gasteiger partial charge in [0.25, 0.3) is 0 Å². The quantitative estimate of drug-likeness (QED) is 0.284. The molecular weight excluding hydrogens is 384 g/mol. The lowest BCUT2D eigenvalue weighted by Gasteiger charge is -2.21. The fourth-order valence-corrected chi connectivity index (χ4v) is 4.74. The van der Waals surface area contributed by atoms with Gasteiger partial charge in [-0.15, -0.1) is 11.3 Å². The molecule has 0 radical (unpaired) electrons. The van der Waals surface area contributed by atoms with Crippen LogP contribution in [-0.2, 0) is 0 Å². The van der Waals surface area contributed by atoms with Gasteiger partial charge in [-0.25, -0.2) is 0 Å². The summed E-state index contributed by atoms with van der Waals surface area (Å²) in [4.78, 5) is 2.72. The second-order valence-electron chi connectivity index (χ2n) is 5.34. The molecule has 0 N–H and O–H groups in total. The highest BCUT2D eigenvalue weighted by atomic mass is 79.9. The molecular formula is C16H26Br2S. The lowest BCUT2D eigenvalue weighted by Crippen LogP contribution is -2.13. The first kappa shape index (κ1) is 17.7. The SMILES string of the molecule is CCCCCCCC(Br)CC(c1cccs1)C(C)Br. The standard InChI is InChI=1S/C16H26Br2S/c1-3-4-5-6-7-9-14(18)12-15(13(2)17)16-10-8-11-19-16/h8,10-11,13-15H,3-7,9,12H2,1-2H3. The average molecular weight is 410 g/mol. The number of thiophene rings is 1. The van der Waals surface area contributed by atoms with Gasteiger partial charge in [-0.3, -0.25) is 0 Å². The largest absolute Gasteiger partial charge is 0.149 e. The van der Waals surface area contributed by atoms with Crippen molar-refractivity contribution < 1.29 is 0 Å². The molecule has 1 aromatic heterocycles. The van der Waals surface area contributed by atoms with Crippen LogP contribution in [0.4, 0.5) is 0 Å². The Kier molecular flexibility index (Phi) is 9.69. The third-order valence-electron chi connectivity index (χ3n) is 3.59. The molecule has 0 saturated carbocycles. The molecule has 1 aromatic rings. The summed E-state index contributed by atoms with van der Waals surface area (Å²) in [5, 5.41) is 2.19. The number of hydrogen-bond donors (Lipinski definition) is 0. The maximum Gasteiger partial charge on any atom is 0.0194 e.